The molecule has 0 radical (unpaired) electrons. The summed E-state index contributed by atoms with van der Waals surface area (Å²) in [5.74, 6) is -0.912. The van der Waals surface area contributed by atoms with Gasteiger partial charge in [-0.1, -0.05) is 30.3 Å². The minimum atomic E-state index is -0.912. The zero-order chi connectivity index (χ0) is 14.1. The monoisotopic (exact) mass is 263 g/mol. The van der Waals surface area contributed by atoms with E-state index in [0.717, 1.165) is 27.5 Å². The minimum absolute atomic E-state index is 0.297. The predicted molar refractivity (Wildman–Crippen MR) is 78.9 cm³/mol. The second-order valence-corrected chi connectivity index (χ2v) is 4.75. The molecule has 1 aromatic heterocycles. The van der Waals surface area contributed by atoms with Crippen molar-refractivity contribution in [2.75, 3.05) is 0 Å². The molecular weight excluding hydrogens is 250 g/mol. The van der Waals surface area contributed by atoms with Gasteiger partial charge in [-0.2, -0.15) is 0 Å². The van der Waals surface area contributed by atoms with E-state index in [1.54, 1.807) is 18.2 Å². The first-order valence-electron chi connectivity index (χ1n) is 6.34. The molecule has 3 nitrogen and oxygen atoms in total. The fraction of sp³-hybridized carbons (Fsp3) is 0.0588. The van der Waals surface area contributed by atoms with Crippen LogP contribution in [-0.2, 0) is 0 Å². The molecule has 1 heterocycles. The Bertz CT molecular complexity index is 804. The number of benzene rings is 2. The Morgan fingerprint density at radius 2 is 1.90 bits per heavy atom. The number of rotatable bonds is 2. The molecule has 0 fully saturated rings. The lowest BCUT2D eigenvalue weighted by atomic mass is 9.96. The Hall–Kier alpha value is -2.68. The van der Waals surface area contributed by atoms with Gasteiger partial charge >= 0.3 is 5.97 Å². The summed E-state index contributed by atoms with van der Waals surface area (Å²) in [5.41, 5.74) is 3.32. The summed E-state index contributed by atoms with van der Waals surface area (Å²) < 4.78 is 0. The van der Waals surface area contributed by atoms with Crippen molar-refractivity contribution >= 4 is 16.7 Å². The van der Waals surface area contributed by atoms with Gasteiger partial charge < -0.3 is 5.11 Å². The predicted octanol–water partition coefficient (Wildman–Crippen LogP) is 3.91. The lowest BCUT2D eigenvalue weighted by molar-refractivity contribution is 0.0697. The molecule has 0 aliphatic heterocycles. The molecule has 3 heteroatoms. The van der Waals surface area contributed by atoms with E-state index in [-0.39, 0.29) is 0 Å². The summed E-state index contributed by atoms with van der Waals surface area (Å²) in [5, 5.41) is 11.3. The number of aromatic carboxylic acids is 1. The molecule has 20 heavy (non-hydrogen) atoms. The van der Waals surface area contributed by atoms with Gasteiger partial charge in [0.2, 0.25) is 0 Å². The molecule has 0 bridgehead atoms. The topological polar surface area (TPSA) is 50.2 Å². The summed E-state index contributed by atoms with van der Waals surface area (Å²) in [6, 6.07) is 13.0. The largest absolute Gasteiger partial charge is 0.478 e. The Kier molecular flexibility index (Phi) is 2.95. The molecule has 0 atom stereocenters. The lowest BCUT2D eigenvalue weighted by Gasteiger charge is -2.09. The number of hydrogen-bond acceptors (Lipinski definition) is 2. The molecule has 0 spiro atoms. The van der Waals surface area contributed by atoms with E-state index in [2.05, 4.69) is 4.98 Å². The lowest BCUT2D eigenvalue weighted by Crippen LogP contribution is -1.96. The smallest absolute Gasteiger partial charge is 0.335 e. The SMILES string of the molecule is Cc1cncc2cccc(-c3cccc(C(=O)O)c3)c12. The number of pyridine rings is 1. The molecule has 0 unspecified atom stereocenters. The number of carboxylic acid groups (broad SMARTS) is 1. The maximum Gasteiger partial charge on any atom is 0.335 e. The third-order valence-corrected chi connectivity index (χ3v) is 3.39. The van der Waals surface area contributed by atoms with Gasteiger partial charge in [-0.3, -0.25) is 4.98 Å². The highest BCUT2D eigenvalue weighted by atomic mass is 16.4. The number of aromatic nitrogens is 1. The van der Waals surface area contributed by atoms with E-state index in [1.807, 2.05) is 43.6 Å². The molecule has 0 aliphatic carbocycles. The normalized spacial score (nSPS) is 10.7. The van der Waals surface area contributed by atoms with E-state index in [0.29, 0.717) is 5.56 Å². The van der Waals surface area contributed by atoms with Crippen LogP contribution in [0.25, 0.3) is 21.9 Å². The highest BCUT2D eigenvalue weighted by Gasteiger charge is 2.09. The summed E-state index contributed by atoms with van der Waals surface area (Å²) in [4.78, 5) is 15.3. The van der Waals surface area contributed by atoms with Crippen LogP contribution in [-0.4, -0.2) is 16.1 Å². The molecule has 3 aromatic rings. The summed E-state index contributed by atoms with van der Waals surface area (Å²) in [6.45, 7) is 2.01. The minimum Gasteiger partial charge on any atom is -0.478 e. The van der Waals surface area contributed by atoms with Gasteiger partial charge in [-0.25, -0.2) is 4.79 Å². The van der Waals surface area contributed by atoms with Crippen molar-refractivity contribution in [3.8, 4) is 11.1 Å². The van der Waals surface area contributed by atoms with E-state index in [4.69, 9.17) is 5.11 Å². The fourth-order valence-corrected chi connectivity index (χ4v) is 2.47. The zero-order valence-electron chi connectivity index (χ0n) is 11.0. The van der Waals surface area contributed by atoms with E-state index >= 15 is 0 Å². The Labute approximate surface area is 116 Å². The number of nitrogens with zero attached hydrogens (tertiary/aromatic N) is 1. The number of fused-ring (bicyclic) bond motifs is 1. The zero-order valence-corrected chi connectivity index (χ0v) is 11.0. The Morgan fingerprint density at radius 1 is 1.10 bits per heavy atom. The van der Waals surface area contributed by atoms with Crippen molar-refractivity contribution in [2.24, 2.45) is 0 Å². The van der Waals surface area contributed by atoms with Gasteiger partial charge in [0.05, 0.1) is 5.56 Å². The Balaban J connectivity index is 2.30. The van der Waals surface area contributed by atoms with Crippen LogP contribution in [0.1, 0.15) is 15.9 Å². The highest BCUT2D eigenvalue weighted by molar-refractivity contribution is 5.99. The van der Waals surface area contributed by atoms with Crippen molar-refractivity contribution in [2.45, 2.75) is 6.92 Å². The quantitative estimate of drug-likeness (QED) is 0.762. The number of carbonyl (C=O) groups is 1. The van der Waals surface area contributed by atoms with Crippen LogP contribution in [0.3, 0.4) is 0 Å². The molecule has 1 N–H and O–H groups in total. The molecule has 0 saturated heterocycles. The molecule has 2 aromatic carbocycles. The van der Waals surface area contributed by atoms with Gasteiger partial charge in [0, 0.05) is 17.8 Å². The first-order chi connectivity index (χ1) is 9.66. The highest BCUT2D eigenvalue weighted by Crippen LogP contribution is 2.30. The van der Waals surface area contributed by atoms with Crippen LogP contribution < -0.4 is 0 Å². The van der Waals surface area contributed by atoms with Gasteiger partial charge in [0.25, 0.3) is 0 Å². The number of carboxylic acids is 1. The molecule has 98 valence electrons. The van der Waals surface area contributed by atoms with Gasteiger partial charge in [-0.05, 0) is 41.1 Å². The first-order valence-corrected chi connectivity index (χ1v) is 6.34. The third kappa shape index (κ3) is 2.03. The van der Waals surface area contributed by atoms with Crippen LogP contribution >= 0.6 is 0 Å². The molecular formula is C17H13NO2. The summed E-state index contributed by atoms with van der Waals surface area (Å²) in [7, 11) is 0. The second kappa shape index (κ2) is 4.78. The number of hydrogen-bond donors (Lipinski definition) is 1. The van der Waals surface area contributed by atoms with Gasteiger partial charge in [-0.15, -0.1) is 0 Å². The molecule has 0 saturated carbocycles. The third-order valence-electron chi connectivity index (χ3n) is 3.39. The summed E-state index contributed by atoms with van der Waals surface area (Å²) in [6.07, 6.45) is 3.65. The maximum atomic E-state index is 11.1. The second-order valence-electron chi connectivity index (χ2n) is 4.75. The standard InChI is InChI=1S/C17H13NO2/c1-11-9-18-10-14-6-3-7-15(16(11)14)12-4-2-5-13(8-12)17(19)20/h2-10H,1H3,(H,19,20). The fourth-order valence-electron chi connectivity index (χ4n) is 2.47. The van der Waals surface area contributed by atoms with E-state index in [9.17, 15) is 4.79 Å². The van der Waals surface area contributed by atoms with Crippen molar-refractivity contribution in [3.05, 3.63) is 66.0 Å². The molecule has 0 amide bonds. The maximum absolute atomic E-state index is 11.1. The van der Waals surface area contributed by atoms with Crippen LogP contribution in [0.2, 0.25) is 0 Å². The van der Waals surface area contributed by atoms with E-state index < -0.39 is 5.97 Å². The van der Waals surface area contributed by atoms with E-state index in [1.165, 1.54) is 0 Å². The van der Waals surface area contributed by atoms with Gasteiger partial charge in [0.15, 0.2) is 0 Å². The Morgan fingerprint density at radius 3 is 2.70 bits per heavy atom. The summed E-state index contributed by atoms with van der Waals surface area (Å²) >= 11 is 0. The first kappa shape index (κ1) is 12.4. The van der Waals surface area contributed by atoms with Crippen LogP contribution in [0.5, 0.6) is 0 Å². The molecule has 3 rings (SSSR count). The number of aryl methyl sites for hydroxylation is 1. The van der Waals surface area contributed by atoms with Crippen molar-refractivity contribution in [1.82, 2.24) is 4.98 Å². The van der Waals surface area contributed by atoms with Crippen LogP contribution in [0.4, 0.5) is 0 Å². The van der Waals surface area contributed by atoms with Crippen molar-refractivity contribution in [3.63, 3.8) is 0 Å². The van der Waals surface area contributed by atoms with Gasteiger partial charge in [0.1, 0.15) is 0 Å². The average Bonchev–Trinajstić information content (AvgIpc) is 2.47. The molecule has 0 aliphatic rings. The van der Waals surface area contributed by atoms with Crippen molar-refractivity contribution in [1.29, 1.82) is 0 Å². The van der Waals surface area contributed by atoms with Crippen molar-refractivity contribution < 1.29 is 9.90 Å². The average molecular weight is 263 g/mol. The van der Waals surface area contributed by atoms with Crippen LogP contribution in [0.15, 0.2) is 54.9 Å². The van der Waals surface area contributed by atoms with Crippen LogP contribution in [0, 0.1) is 6.92 Å².